The van der Waals surface area contributed by atoms with Crippen molar-refractivity contribution in [2.75, 3.05) is 5.32 Å². The molecule has 23 heavy (non-hydrogen) atoms. The van der Waals surface area contributed by atoms with Crippen molar-refractivity contribution in [3.8, 4) is 0 Å². The van der Waals surface area contributed by atoms with E-state index < -0.39 is 0 Å². The number of hydrogen-bond donors (Lipinski definition) is 1. The molecule has 3 nitrogen and oxygen atoms in total. The van der Waals surface area contributed by atoms with Gasteiger partial charge in [-0.25, -0.2) is 0 Å². The highest BCUT2D eigenvalue weighted by atomic mass is 35.5. The zero-order valence-electron chi connectivity index (χ0n) is 13.9. The molecule has 1 amide bonds. The quantitative estimate of drug-likeness (QED) is 0.824. The smallest absolute Gasteiger partial charge is 0.249 e. The van der Waals surface area contributed by atoms with Crippen LogP contribution in [0.2, 0.25) is 5.02 Å². The Morgan fingerprint density at radius 1 is 1.30 bits per heavy atom. The lowest BCUT2D eigenvalue weighted by atomic mass is 9.82. The first kappa shape index (κ1) is 16.5. The van der Waals surface area contributed by atoms with Crippen LogP contribution in [0.1, 0.15) is 57.9 Å². The van der Waals surface area contributed by atoms with Gasteiger partial charge >= 0.3 is 0 Å². The van der Waals surface area contributed by atoms with Gasteiger partial charge in [-0.15, -0.1) is 0 Å². The summed E-state index contributed by atoms with van der Waals surface area (Å²) in [5, 5.41) is 3.77. The van der Waals surface area contributed by atoms with Crippen LogP contribution in [-0.2, 0) is 4.79 Å². The predicted molar refractivity (Wildman–Crippen MR) is 96.4 cm³/mol. The molecule has 1 N–H and O–H groups in total. The van der Waals surface area contributed by atoms with Crippen LogP contribution in [-0.4, -0.2) is 17.7 Å². The molecule has 0 bridgehead atoms. The topological polar surface area (TPSA) is 41.5 Å². The largest absolute Gasteiger partial charge is 0.324 e. The fourth-order valence-corrected chi connectivity index (χ4v) is 3.80. The lowest BCUT2D eigenvalue weighted by Gasteiger charge is -2.25. The molecule has 1 aliphatic heterocycles. The highest BCUT2D eigenvalue weighted by Crippen LogP contribution is 2.34. The summed E-state index contributed by atoms with van der Waals surface area (Å²) in [5.74, 6) is 0.687. The standard InChI is InChI=1S/C19H25ClN2O/c1-3-12(2)17-19(23)21-16-10-9-14(20)11-15(16)18(22-17)13-7-5-4-6-8-13/h9-13,17H,3-8H2,1-2H3,(H,21,23). The van der Waals surface area contributed by atoms with E-state index in [0.717, 1.165) is 36.2 Å². The van der Waals surface area contributed by atoms with Crippen molar-refractivity contribution in [1.29, 1.82) is 0 Å². The minimum Gasteiger partial charge on any atom is -0.324 e. The number of fused-ring (bicyclic) bond motifs is 1. The van der Waals surface area contributed by atoms with Crippen LogP contribution in [0.4, 0.5) is 5.69 Å². The van der Waals surface area contributed by atoms with Crippen molar-refractivity contribution in [3.05, 3.63) is 28.8 Å². The third-order valence-corrected chi connectivity index (χ3v) is 5.47. The summed E-state index contributed by atoms with van der Waals surface area (Å²) in [6.45, 7) is 4.22. The van der Waals surface area contributed by atoms with E-state index in [9.17, 15) is 4.79 Å². The zero-order chi connectivity index (χ0) is 16.4. The summed E-state index contributed by atoms with van der Waals surface area (Å²) in [6, 6.07) is 5.40. The monoisotopic (exact) mass is 332 g/mol. The summed E-state index contributed by atoms with van der Waals surface area (Å²) < 4.78 is 0. The lowest BCUT2D eigenvalue weighted by Crippen LogP contribution is -2.31. The van der Waals surface area contributed by atoms with Gasteiger partial charge in [-0.2, -0.15) is 0 Å². The van der Waals surface area contributed by atoms with Gasteiger partial charge in [0, 0.05) is 27.9 Å². The first-order valence-electron chi connectivity index (χ1n) is 8.78. The summed E-state index contributed by atoms with van der Waals surface area (Å²) in [4.78, 5) is 17.6. The van der Waals surface area contributed by atoms with E-state index in [2.05, 4.69) is 19.2 Å². The maximum atomic E-state index is 12.6. The van der Waals surface area contributed by atoms with E-state index >= 15 is 0 Å². The number of hydrogen-bond acceptors (Lipinski definition) is 2. The molecule has 0 aromatic heterocycles. The maximum absolute atomic E-state index is 12.6. The number of aliphatic imine (C=N–C) groups is 1. The Morgan fingerprint density at radius 3 is 2.74 bits per heavy atom. The van der Waals surface area contributed by atoms with Gasteiger partial charge in [-0.3, -0.25) is 9.79 Å². The number of carbonyl (C=O) groups excluding carboxylic acids is 1. The maximum Gasteiger partial charge on any atom is 0.249 e. The first-order chi connectivity index (χ1) is 11.1. The van der Waals surface area contributed by atoms with Gasteiger partial charge in [-0.1, -0.05) is 51.1 Å². The van der Waals surface area contributed by atoms with E-state index in [1.54, 1.807) is 0 Å². The molecule has 1 aliphatic carbocycles. The Morgan fingerprint density at radius 2 is 2.04 bits per heavy atom. The third kappa shape index (κ3) is 3.45. The fraction of sp³-hybridized carbons (Fsp3) is 0.579. The average Bonchev–Trinajstić information content (AvgIpc) is 2.71. The molecule has 1 fully saturated rings. The number of nitrogens with one attached hydrogen (secondary N) is 1. The molecule has 1 aromatic carbocycles. The van der Waals surface area contributed by atoms with Crippen LogP contribution in [0.3, 0.4) is 0 Å². The molecular formula is C19H25ClN2O. The molecule has 1 saturated carbocycles. The summed E-state index contributed by atoms with van der Waals surface area (Å²) in [7, 11) is 0. The van der Waals surface area contributed by atoms with Crippen LogP contribution in [0.25, 0.3) is 0 Å². The second kappa shape index (κ2) is 7.04. The molecule has 1 aromatic rings. The highest BCUT2D eigenvalue weighted by molar-refractivity contribution is 6.31. The number of halogens is 1. The molecule has 0 spiro atoms. The Bertz CT molecular complexity index is 620. The van der Waals surface area contributed by atoms with Crippen molar-refractivity contribution in [1.82, 2.24) is 0 Å². The summed E-state index contributed by atoms with van der Waals surface area (Å²) in [6.07, 6.45) is 7.05. The molecule has 3 rings (SSSR count). The van der Waals surface area contributed by atoms with E-state index in [-0.39, 0.29) is 17.9 Å². The van der Waals surface area contributed by atoms with Crippen molar-refractivity contribution in [2.24, 2.45) is 16.8 Å². The number of nitrogens with zero attached hydrogens (tertiary/aromatic N) is 1. The molecule has 0 saturated heterocycles. The van der Waals surface area contributed by atoms with Gasteiger partial charge < -0.3 is 5.32 Å². The highest BCUT2D eigenvalue weighted by Gasteiger charge is 2.32. The average molecular weight is 333 g/mol. The Labute approximate surface area is 143 Å². The first-order valence-corrected chi connectivity index (χ1v) is 9.16. The molecule has 2 atom stereocenters. The molecule has 4 heteroatoms. The van der Waals surface area contributed by atoms with Crippen molar-refractivity contribution < 1.29 is 4.79 Å². The van der Waals surface area contributed by atoms with Crippen LogP contribution in [0.5, 0.6) is 0 Å². The van der Waals surface area contributed by atoms with Gasteiger partial charge in [0.25, 0.3) is 0 Å². The second-order valence-electron chi connectivity index (χ2n) is 6.86. The van der Waals surface area contributed by atoms with Crippen molar-refractivity contribution in [2.45, 2.75) is 58.4 Å². The summed E-state index contributed by atoms with van der Waals surface area (Å²) in [5.41, 5.74) is 2.96. The molecule has 2 aliphatic rings. The van der Waals surface area contributed by atoms with Gasteiger partial charge in [-0.05, 0) is 37.0 Å². The second-order valence-corrected chi connectivity index (χ2v) is 7.30. The van der Waals surface area contributed by atoms with Gasteiger partial charge in [0.1, 0.15) is 6.04 Å². The van der Waals surface area contributed by atoms with Crippen LogP contribution < -0.4 is 5.32 Å². The van der Waals surface area contributed by atoms with E-state index in [1.807, 2.05) is 18.2 Å². The van der Waals surface area contributed by atoms with Crippen LogP contribution in [0, 0.1) is 11.8 Å². The SMILES string of the molecule is CCC(C)C1N=C(C2CCCCC2)c2cc(Cl)ccc2NC1=O. The van der Waals surface area contributed by atoms with E-state index in [4.69, 9.17) is 16.6 Å². The van der Waals surface area contributed by atoms with Crippen LogP contribution in [0.15, 0.2) is 23.2 Å². The number of rotatable bonds is 3. The minimum atomic E-state index is -0.303. The minimum absolute atomic E-state index is 0.00809. The number of benzene rings is 1. The summed E-state index contributed by atoms with van der Waals surface area (Å²) >= 11 is 6.23. The van der Waals surface area contributed by atoms with Gasteiger partial charge in [0.15, 0.2) is 0 Å². The molecular weight excluding hydrogens is 308 g/mol. The molecule has 0 radical (unpaired) electrons. The van der Waals surface area contributed by atoms with Crippen molar-refractivity contribution >= 4 is 28.9 Å². The molecule has 1 heterocycles. The number of amides is 1. The molecule has 2 unspecified atom stereocenters. The number of carbonyl (C=O) groups is 1. The van der Waals surface area contributed by atoms with Crippen molar-refractivity contribution in [3.63, 3.8) is 0 Å². The van der Waals surface area contributed by atoms with Crippen LogP contribution >= 0.6 is 11.6 Å². The van der Waals surface area contributed by atoms with E-state index in [1.165, 1.54) is 19.3 Å². The third-order valence-electron chi connectivity index (χ3n) is 5.24. The van der Waals surface area contributed by atoms with Gasteiger partial charge in [0.05, 0.1) is 0 Å². The Kier molecular flexibility index (Phi) is 5.05. The fourth-order valence-electron chi connectivity index (χ4n) is 3.63. The Balaban J connectivity index is 2.08. The zero-order valence-corrected chi connectivity index (χ0v) is 14.7. The Hall–Kier alpha value is -1.35. The number of anilines is 1. The number of benzodiazepines with no additional fused rings is 1. The normalized spacial score (nSPS) is 23.5. The van der Waals surface area contributed by atoms with Gasteiger partial charge in [0.2, 0.25) is 5.91 Å². The lowest BCUT2D eigenvalue weighted by molar-refractivity contribution is -0.118. The molecule has 124 valence electrons. The van der Waals surface area contributed by atoms with E-state index in [0.29, 0.717) is 10.9 Å². The predicted octanol–water partition coefficient (Wildman–Crippen LogP) is 5.08.